The zero-order valence-corrected chi connectivity index (χ0v) is 14.3. The molecule has 4 nitrogen and oxygen atoms in total. The summed E-state index contributed by atoms with van der Waals surface area (Å²) in [6, 6.07) is 19.2. The summed E-state index contributed by atoms with van der Waals surface area (Å²) in [6.07, 6.45) is 3.14. The fourth-order valence-electron chi connectivity index (χ4n) is 3.03. The number of nitrogens with zero attached hydrogens (tertiary/aromatic N) is 2. The molecule has 4 heteroatoms. The largest absolute Gasteiger partial charge is 0.325 e. The van der Waals surface area contributed by atoms with Gasteiger partial charge in [-0.25, -0.2) is 0 Å². The van der Waals surface area contributed by atoms with Crippen molar-refractivity contribution in [3.63, 3.8) is 0 Å². The zero-order chi connectivity index (χ0) is 17.6. The highest BCUT2D eigenvalue weighted by atomic mass is 16.2. The molecular weight excluding hydrogens is 310 g/mol. The lowest BCUT2D eigenvalue weighted by Crippen LogP contribution is -2.44. The van der Waals surface area contributed by atoms with Gasteiger partial charge in [0.1, 0.15) is 0 Å². The molecule has 1 aliphatic heterocycles. The summed E-state index contributed by atoms with van der Waals surface area (Å²) in [5.41, 5.74) is 3.80. The van der Waals surface area contributed by atoms with E-state index < -0.39 is 0 Å². The van der Waals surface area contributed by atoms with Crippen LogP contribution in [-0.4, -0.2) is 29.9 Å². The highest BCUT2D eigenvalue weighted by Gasteiger charge is 2.23. The first kappa shape index (κ1) is 16.9. The second-order valence-electron chi connectivity index (χ2n) is 6.20. The molecular formula is C21H21N3O. The van der Waals surface area contributed by atoms with Crippen LogP contribution in [0.5, 0.6) is 0 Å². The van der Waals surface area contributed by atoms with Crippen molar-refractivity contribution in [2.75, 3.05) is 18.4 Å². The van der Waals surface area contributed by atoms with Crippen LogP contribution >= 0.6 is 0 Å². The molecule has 0 aliphatic carbocycles. The van der Waals surface area contributed by atoms with Crippen molar-refractivity contribution < 1.29 is 4.79 Å². The van der Waals surface area contributed by atoms with Gasteiger partial charge in [0.05, 0.1) is 17.7 Å². The standard InChI is InChI=1S/C21H21N3O/c1-16(21(25)23-20-9-5-6-17(14-20)15-22)24-12-10-19(11-13-24)18-7-3-2-4-8-18/h2-10,14,16H,11-13H2,1H3,(H,23,25)/t16-/m0/s1. The van der Waals surface area contributed by atoms with E-state index in [2.05, 4.69) is 34.5 Å². The lowest BCUT2D eigenvalue weighted by atomic mass is 9.99. The van der Waals surface area contributed by atoms with E-state index in [0.717, 1.165) is 19.5 Å². The van der Waals surface area contributed by atoms with Crippen molar-refractivity contribution in [1.29, 1.82) is 5.26 Å². The Morgan fingerprint density at radius 2 is 2.00 bits per heavy atom. The molecule has 0 saturated heterocycles. The molecule has 0 saturated carbocycles. The summed E-state index contributed by atoms with van der Waals surface area (Å²) in [5, 5.41) is 11.9. The van der Waals surface area contributed by atoms with E-state index in [0.29, 0.717) is 11.3 Å². The van der Waals surface area contributed by atoms with E-state index in [9.17, 15) is 4.79 Å². The fraction of sp³-hybridized carbons (Fsp3) is 0.238. The van der Waals surface area contributed by atoms with Crippen molar-refractivity contribution >= 4 is 17.2 Å². The number of hydrogen-bond acceptors (Lipinski definition) is 3. The topological polar surface area (TPSA) is 56.1 Å². The van der Waals surface area contributed by atoms with Gasteiger partial charge in [0.2, 0.25) is 5.91 Å². The van der Waals surface area contributed by atoms with Crippen LogP contribution in [-0.2, 0) is 4.79 Å². The van der Waals surface area contributed by atoms with Crippen LogP contribution in [0.15, 0.2) is 60.7 Å². The minimum Gasteiger partial charge on any atom is -0.325 e. The Morgan fingerprint density at radius 1 is 1.20 bits per heavy atom. The average Bonchev–Trinajstić information content (AvgIpc) is 2.68. The molecule has 1 heterocycles. The van der Waals surface area contributed by atoms with Gasteiger partial charge in [-0.3, -0.25) is 9.69 Å². The average molecular weight is 331 g/mol. The SMILES string of the molecule is C[C@@H](C(=O)Nc1cccc(C#N)c1)N1CC=C(c2ccccc2)CC1. The first-order valence-corrected chi connectivity index (χ1v) is 8.47. The number of nitrogens with one attached hydrogen (secondary N) is 1. The number of rotatable bonds is 4. The monoisotopic (exact) mass is 331 g/mol. The van der Waals surface area contributed by atoms with Gasteiger partial charge in [-0.1, -0.05) is 42.5 Å². The maximum absolute atomic E-state index is 12.5. The normalized spacial score (nSPS) is 15.8. The van der Waals surface area contributed by atoms with Crippen molar-refractivity contribution in [3.05, 3.63) is 71.8 Å². The number of carbonyl (C=O) groups excluding carboxylic acids is 1. The minimum atomic E-state index is -0.223. The number of hydrogen-bond donors (Lipinski definition) is 1. The van der Waals surface area contributed by atoms with Crippen LogP contribution in [0.25, 0.3) is 5.57 Å². The van der Waals surface area contributed by atoms with E-state index in [-0.39, 0.29) is 11.9 Å². The van der Waals surface area contributed by atoms with Crippen LogP contribution in [0.2, 0.25) is 0 Å². The second kappa shape index (κ2) is 7.78. The Bertz CT molecular complexity index is 821. The maximum Gasteiger partial charge on any atom is 0.241 e. The molecule has 1 atom stereocenters. The predicted molar refractivity (Wildman–Crippen MR) is 99.9 cm³/mol. The second-order valence-corrected chi connectivity index (χ2v) is 6.20. The fourth-order valence-corrected chi connectivity index (χ4v) is 3.03. The first-order valence-electron chi connectivity index (χ1n) is 8.47. The molecule has 3 rings (SSSR count). The highest BCUT2D eigenvalue weighted by Crippen LogP contribution is 2.23. The van der Waals surface area contributed by atoms with E-state index >= 15 is 0 Å². The molecule has 1 amide bonds. The zero-order valence-electron chi connectivity index (χ0n) is 14.3. The first-order chi connectivity index (χ1) is 12.2. The third-order valence-electron chi connectivity index (χ3n) is 4.57. The summed E-state index contributed by atoms with van der Waals surface area (Å²) >= 11 is 0. The van der Waals surface area contributed by atoms with Crippen molar-refractivity contribution in [2.45, 2.75) is 19.4 Å². The van der Waals surface area contributed by atoms with Gasteiger partial charge in [0.15, 0.2) is 0 Å². The van der Waals surface area contributed by atoms with Gasteiger partial charge in [0, 0.05) is 18.8 Å². The Labute approximate surface area is 148 Å². The molecule has 0 fully saturated rings. The number of benzene rings is 2. The third-order valence-corrected chi connectivity index (χ3v) is 4.57. The van der Waals surface area contributed by atoms with E-state index in [1.807, 2.05) is 25.1 Å². The van der Waals surface area contributed by atoms with Crippen LogP contribution in [0.3, 0.4) is 0 Å². The van der Waals surface area contributed by atoms with Gasteiger partial charge < -0.3 is 5.32 Å². The molecule has 1 N–H and O–H groups in total. The van der Waals surface area contributed by atoms with Gasteiger partial charge >= 0.3 is 0 Å². The number of amides is 1. The molecule has 0 aromatic heterocycles. The molecule has 126 valence electrons. The van der Waals surface area contributed by atoms with Crippen molar-refractivity contribution in [3.8, 4) is 6.07 Å². The summed E-state index contributed by atoms with van der Waals surface area (Å²) in [7, 11) is 0. The van der Waals surface area contributed by atoms with Gasteiger partial charge in [0.25, 0.3) is 0 Å². The van der Waals surface area contributed by atoms with Gasteiger partial charge in [-0.15, -0.1) is 0 Å². The number of nitriles is 1. The van der Waals surface area contributed by atoms with Crippen LogP contribution in [0.4, 0.5) is 5.69 Å². The third kappa shape index (κ3) is 4.14. The minimum absolute atomic E-state index is 0.0494. The van der Waals surface area contributed by atoms with Gasteiger partial charge in [-0.2, -0.15) is 5.26 Å². The van der Waals surface area contributed by atoms with E-state index in [4.69, 9.17) is 5.26 Å². The summed E-state index contributed by atoms with van der Waals surface area (Å²) in [6.45, 7) is 3.54. The van der Waals surface area contributed by atoms with E-state index in [1.165, 1.54) is 11.1 Å². The molecule has 1 aliphatic rings. The van der Waals surface area contributed by atoms with Crippen LogP contribution in [0, 0.1) is 11.3 Å². The number of carbonyl (C=O) groups is 1. The molecule has 0 bridgehead atoms. The Morgan fingerprint density at radius 3 is 2.68 bits per heavy atom. The van der Waals surface area contributed by atoms with Crippen molar-refractivity contribution in [2.24, 2.45) is 0 Å². The van der Waals surface area contributed by atoms with Crippen molar-refractivity contribution in [1.82, 2.24) is 4.90 Å². The van der Waals surface area contributed by atoms with Gasteiger partial charge in [-0.05, 0) is 42.7 Å². The molecule has 2 aromatic carbocycles. The predicted octanol–water partition coefficient (Wildman–Crippen LogP) is 3.67. The molecule has 0 unspecified atom stereocenters. The molecule has 0 spiro atoms. The Balaban J connectivity index is 1.62. The Hall–Kier alpha value is -2.90. The lowest BCUT2D eigenvalue weighted by molar-refractivity contribution is -0.120. The smallest absolute Gasteiger partial charge is 0.241 e. The highest BCUT2D eigenvalue weighted by molar-refractivity contribution is 5.94. The lowest BCUT2D eigenvalue weighted by Gasteiger charge is -2.31. The molecule has 0 radical (unpaired) electrons. The molecule has 25 heavy (non-hydrogen) atoms. The van der Waals surface area contributed by atoms with Crippen LogP contribution < -0.4 is 5.32 Å². The Kier molecular flexibility index (Phi) is 5.27. The maximum atomic E-state index is 12.5. The summed E-state index contributed by atoms with van der Waals surface area (Å²) < 4.78 is 0. The van der Waals surface area contributed by atoms with E-state index in [1.54, 1.807) is 24.3 Å². The molecule has 2 aromatic rings. The summed E-state index contributed by atoms with van der Waals surface area (Å²) in [4.78, 5) is 14.7. The quantitative estimate of drug-likeness (QED) is 0.930. The van der Waals surface area contributed by atoms with Crippen LogP contribution in [0.1, 0.15) is 24.5 Å². The number of anilines is 1. The summed E-state index contributed by atoms with van der Waals surface area (Å²) in [5.74, 6) is -0.0494.